The van der Waals surface area contributed by atoms with Gasteiger partial charge in [-0.25, -0.2) is 4.98 Å². The van der Waals surface area contributed by atoms with E-state index in [0.29, 0.717) is 48.3 Å². The van der Waals surface area contributed by atoms with Crippen molar-refractivity contribution in [3.63, 3.8) is 0 Å². The molecule has 2 aromatic heterocycles. The number of halogens is 3. The molecule has 0 radical (unpaired) electrons. The topological polar surface area (TPSA) is 93.0 Å². The highest BCUT2D eigenvalue weighted by Gasteiger charge is 2.30. The maximum Gasteiger partial charge on any atom is 0.416 e. The Morgan fingerprint density at radius 3 is 2.22 bits per heavy atom. The average Bonchev–Trinajstić information content (AvgIpc) is 3.76. The lowest BCUT2D eigenvalue weighted by Crippen LogP contribution is -2.46. The molecule has 0 aliphatic carbocycles. The van der Waals surface area contributed by atoms with Crippen molar-refractivity contribution in [2.24, 2.45) is 0 Å². The van der Waals surface area contributed by atoms with E-state index < -0.39 is 11.7 Å². The van der Waals surface area contributed by atoms with Gasteiger partial charge in [-0.15, -0.1) is 0 Å². The minimum absolute atomic E-state index is 0.252. The number of aromatic nitrogens is 4. The Morgan fingerprint density at radius 2 is 1.47 bits per heavy atom. The third kappa shape index (κ3) is 6.78. The van der Waals surface area contributed by atoms with Gasteiger partial charge in [-0.3, -0.25) is 4.90 Å². The van der Waals surface area contributed by atoms with E-state index >= 15 is 0 Å². The van der Waals surface area contributed by atoms with Crippen LogP contribution in [-0.2, 0) is 24.0 Å². The Morgan fingerprint density at radius 1 is 0.735 bits per heavy atom. The van der Waals surface area contributed by atoms with Crippen LogP contribution in [0.25, 0.3) is 11.2 Å². The predicted octanol–water partition coefficient (Wildman–Crippen LogP) is 5.52. The zero-order chi connectivity index (χ0) is 33.4. The molecule has 5 heterocycles. The lowest BCUT2D eigenvalue weighted by atomic mass is 10.1. The van der Waals surface area contributed by atoms with E-state index in [4.69, 9.17) is 24.2 Å². The Labute approximate surface area is 280 Å². The molecule has 3 aliphatic heterocycles. The number of hydrogen-bond acceptors (Lipinski definition) is 10. The van der Waals surface area contributed by atoms with Crippen molar-refractivity contribution in [2.45, 2.75) is 19.3 Å². The number of alkyl halides is 3. The lowest BCUT2D eigenvalue weighted by molar-refractivity contribution is -0.137. The molecule has 0 atom stereocenters. The molecule has 2 saturated heterocycles. The Kier molecular flexibility index (Phi) is 8.33. The average molecular weight is 673 g/mol. The van der Waals surface area contributed by atoms with Crippen LogP contribution < -0.4 is 24.6 Å². The first-order valence-electron chi connectivity index (χ1n) is 16.3. The van der Waals surface area contributed by atoms with Crippen molar-refractivity contribution in [2.75, 3.05) is 74.4 Å². The summed E-state index contributed by atoms with van der Waals surface area (Å²) in [5.74, 6) is 2.68. The number of piperazine rings is 1. The van der Waals surface area contributed by atoms with E-state index in [1.807, 2.05) is 28.8 Å². The van der Waals surface area contributed by atoms with Gasteiger partial charge < -0.3 is 33.9 Å². The highest BCUT2D eigenvalue weighted by molar-refractivity contribution is 5.87. The van der Waals surface area contributed by atoms with Crippen molar-refractivity contribution in [3.05, 3.63) is 89.7 Å². The van der Waals surface area contributed by atoms with Gasteiger partial charge in [0.2, 0.25) is 12.7 Å². The van der Waals surface area contributed by atoms with Gasteiger partial charge in [-0.05, 0) is 59.7 Å². The Bertz CT molecular complexity index is 1920. The summed E-state index contributed by atoms with van der Waals surface area (Å²) in [5.41, 5.74) is 4.34. The molecular weight excluding hydrogens is 637 g/mol. The number of benzene rings is 3. The second-order valence-corrected chi connectivity index (χ2v) is 12.3. The molecule has 8 rings (SSSR count). The van der Waals surface area contributed by atoms with Crippen molar-refractivity contribution in [1.29, 1.82) is 0 Å². The number of nitrogens with one attached hydrogen (secondary N) is 1. The molecule has 3 aromatic carbocycles. The summed E-state index contributed by atoms with van der Waals surface area (Å²) < 4.78 is 57.9. The van der Waals surface area contributed by atoms with Gasteiger partial charge >= 0.3 is 6.18 Å². The third-order valence-corrected chi connectivity index (χ3v) is 9.09. The SMILES string of the molecule is FC(F)(F)c1ccc(Cn2cnc3c(Nc4ccc(N5CCOCC5)cc4)nc(N4CCN(Cc5ccc6c(c5)OCO6)CC4)nc32)cc1. The van der Waals surface area contributed by atoms with Crippen molar-refractivity contribution >= 4 is 34.3 Å². The van der Waals surface area contributed by atoms with E-state index in [1.54, 1.807) is 6.33 Å². The molecule has 0 saturated carbocycles. The minimum atomic E-state index is -4.39. The fraction of sp³-hybridized carbons (Fsp3) is 0.343. The first kappa shape index (κ1) is 31.2. The standard InChI is InChI=1S/C35H35F3N8O3/c36-35(37,38)26-4-1-24(2-5-26)21-46-22-39-31-32(40-27-6-8-28(9-7-27)44-15-17-47-18-16-44)41-34(42-33(31)46)45-13-11-43(12-14-45)20-25-3-10-29-30(19-25)49-23-48-29/h1-10,19,22H,11-18,20-21,23H2,(H,40,41,42). The predicted molar refractivity (Wildman–Crippen MR) is 179 cm³/mol. The molecule has 0 amide bonds. The maximum atomic E-state index is 13.2. The highest BCUT2D eigenvalue weighted by Crippen LogP contribution is 2.34. The summed E-state index contributed by atoms with van der Waals surface area (Å²) >= 11 is 0. The van der Waals surface area contributed by atoms with Crippen molar-refractivity contribution in [3.8, 4) is 11.5 Å². The molecule has 49 heavy (non-hydrogen) atoms. The Balaban J connectivity index is 1.04. The minimum Gasteiger partial charge on any atom is -0.454 e. The first-order valence-corrected chi connectivity index (χ1v) is 16.3. The Hall–Kier alpha value is -5.08. The smallest absolute Gasteiger partial charge is 0.416 e. The van der Waals surface area contributed by atoms with Crippen LogP contribution >= 0.6 is 0 Å². The number of imidazole rings is 1. The van der Waals surface area contributed by atoms with E-state index in [1.165, 1.54) is 12.1 Å². The van der Waals surface area contributed by atoms with Crippen molar-refractivity contribution in [1.82, 2.24) is 24.4 Å². The summed E-state index contributed by atoms with van der Waals surface area (Å²) in [6.45, 7) is 7.53. The number of nitrogens with zero attached hydrogens (tertiary/aromatic N) is 7. The molecule has 0 unspecified atom stereocenters. The molecule has 1 N–H and O–H groups in total. The molecule has 0 spiro atoms. The van der Waals surface area contributed by atoms with Gasteiger partial charge in [0, 0.05) is 57.2 Å². The largest absolute Gasteiger partial charge is 0.454 e. The van der Waals surface area contributed by atoms with Gasteiger partial charge in [-0.2, -0.15) is 23.1 Å². The number of rotatable bonds is 8. The first-order chi connectivity index (χ1) is 23.9. The van der Waals surface area contributed by atoms with Gasteiger partial charge in [0.05, 0.1) is 31.6 Å². The fourth-order valence-electron chi connectivity index (χ4n) is 6.39. The summed E-state index contributed by atoms with van der Waals surface area (Å²) in [7, 11) is 0. The molecule has 11 nitrogen and oxygen atoms in total. The van der Waals surface area contributed by atoms with Crippen LogP contribution in [0.3, 0.4) is 0 Å². The van der Waals surface area contributed by atoms with Crippen LogP contribution in [0.15, 0.2) is 73.1 Å². The van der Waals surface area contributed by atoms with Crippen LogP contribution in [0, 0.1) is 0 Å². The third-order valence-electron chi connectivity index (χ3n) is 9.09. The summed E-state index contributed by atoms with van der Waals surface area (Å²) in [4.78, 5) is 21.4. The van der Waals surface area contributed by atoms with Gasteiger partial charge in [0.25, 0.3) is 0 Å². The van der Waals surface area contributed by atoms with Crippen LogP contribution in [0.2, 0.25) is 0 Å². The second-order valence-electron chi connectivity index (χ2n) is 12.3. The number of morpholine rings is 1. The fourth-order valence-corrected chi connectivity index (χ4v) is 6.39. The quantitative estimate of drug-likeness (QED) is 0.227. The van der Waals surface area contributed by atoms with Crippen molar-refractivity contribution < 1.29 is 27.4 Å². The number of anilines is 4. The van der Waals surface area contributed by atoms with Crippen LogP contribution in [0.5, 0.6) is 11.5 Å². The van der Waals surface area contributed by atoms with Gasteiger partial charge in [0.15, 0.2) is 28.5 Å². The van der Waals surface area contributed by atoms with E-state index in [0.717, 1.165) is 86.4 Å². The molecule has 3 aliphatic rings. The summed E-state index contributed by atoms with van der Waals surface area (Å²) in [5, 5.41) is 3.47. The number of fused-ring (bicyclic) bond motifs is 2. The zero-order valence-corrected chi connectivity index (χ0v) is 26.7. The molecule has 254 valence electrons. The van der Waals surface area contributed by atoms with Gasteiger partial charge in [-0.1, -0.05) is 18.2 Å². The maximum absolute atomic E-state index is 13.2. The molecule has 5 aromatic rings. The van der Waals surface area contributed by atoms with Crippen LogP contribution in [0.1, 0.15) is 16.7 Å². The monoisotopic (exact) mass is 672 g/mol. The summed E-state index contributed by atoms with van der Waals surface area (Å²) in [6, 6.07) is 19.4. The van der Waals surface area contributed by atoms with E-state index in [9.17, 15) is 13.2 Å². The van der Waals surface area contributed by atoms with E-state index in [2.05, 4.69) is 43.2 Å². The zero-order valence-electron chi connectivity index (χ0n) is 26.7. The lowest BCUT2D eigenvalue weighted by Gasteiger charge is -2.34. The molecular formula is C35H35F3N8O3. The van der Waals surface area contributed by atoms with Crippen LogP contribution in [0.4, 0.5) is 36.3 Å². The molecule has 2 fully saturated rings. The second kappa shape index (κ2) is 13.1. The normalized spacial score (nSPS) is 16.8. The molecule has 0 bridgehead atoms. The molecule has 14 heteroatoms. The number of hydrogen-bond donors (Lipinski definition) is 1. The van der Waals surface area contributed by atoms with Crippen LogP contribution in [-0.4, -0.2) is 83.7 Å². The summed E-state index contributed by atoms with van der Waals surface area (Å²) in [6.07, 6.45) is -2.73. The highest BCUT2D eigenvalue weighted by atomic mass is 19.4. The van der Waals surface area contributed by atoms with E-state index in [-0.39, 0.29) is 6.79 Å². The number of ether oxygens (including phenoxy) is 3. The van der Waals surface area contributed by atoms with Gasteiger partial charge in [0.1, 0.15) is 0 Å².